The van der Waals surface area contributed by atoms with Crippen molar-refractivity contribution >= 4 is 16.8 Å². The van der Waals surface area contributed by atoms with Gasteiger partial charge in [-0.25, -0.2) is 0 Å². The zero-order valence-corrected chi connectivity index (χ0v) is 18.6. The van der Waals surface area contributed by atoms with Crippen molar-refractivity contribution in [3.63, 3.8) is 0 Å². The summed E-state index contributed by atoms with van der Waals surface area (Å²) in [5, 5.41) is 4.40. The lowest BCUT2D eigenvalue weighted by Crippen LogP contribution is -2.45. The number of rotatable bonds is 9. The second kappa shape index (κ2) is 10.6. The Labute approximate surface area is 185 Å². The maximum absolute atomic E-state index is 12.4. The summed E-state index contributed by atoms with van der Waals surface area (Å²) in [6.45, 7) is 9.45. The highest BCUT2D eigenvalue weighted by atomic mass is 16.1. The molecule has 5 heteroatoms. The molecular weight excluding hydrogens is 384 g/mol. The van der Waals surface area contributed by atoms with Crippen molar-refractivity contribution in [2.45, 2.75) is 39.3 Å². The Hall–Kier alpha value is -2.63. The van der Waals surface area contributed by atoms with Crippen molar-refractivity contribution in [1.29, 1.82) is 0 Å². The molecule has 5 nitrogen and oxygen atoms in total. The maximum Gasteiger partial charge on any atom is 0.220 e. The SMILES string of the molecule is CCN1CCN(Cc2ccccc2CNC(=O)CCCc2c[nH]c3ccccc23)CC1. The maximum atomic E-state index is 12.4. The monoisotopic (exact) mass is 418 g/mol. The van der Waals surface area contributed by atoms with Crippen molar-refractivity contribution in [1.82, 2.24) is 20.1 Å². The molecule has 2 N–H and O–H groups in total. The lowest BCUT2D eigenvalue weighted by atomic mass is 10.1. The minimum absolute atomic E-state index is 0.131. The summed E-state index contributed by atoms with van der Waals surface area (Å²) in [7, 11) is 0. The van der Waals surface area contributed by atoms with E-state index in [0.717, 1.165) is 57.6 Å². The molecule has 1 saturated heterocycles. The second-order valence-corrected chi connectivity index (χ2v) is 8.47. The molecule has 0 saturated carbocycles. The van der Waals surface area contributed by atoms with Gasteiger partial charge in [0.05, 0.1) is 0 Å². The number of hydrogen-bond donors (Lipinski definition) is 2. The number of fused-ring (bicyclic) bond motifs is 1. The second-order valence-electron chi connectivity index (χ2n) is 8.47. The molecule has 2 aromatic carbocycles. The van der Waals surface area contributed by atoms with Gasteiger partial charge in [-0.3, -0.25) is 9.69 Å². The number of carbonyl (C=O) groups excluding carboxylic acids is 1. The molecule has 2 heterocycles. The Morgan fingerprint density at radius 2 is 1.65 bits per heavy atom. The van der Waals surface area contributed by atoms with Gasteiger partial charge in [0.1, 0.15) is 0 Å². The van der Waals surface area contributed by atoms with Crippen molar-refractivity contribution in [2.24, 2.45) is 0 Å². The number of amides is 1. The van der Waals surface area contributed by atoms with Gasteiger partial charge in [0.25, 0.3) is 0 Å². The summed E-state index contributed by atoms with van der Waals surface area (Å²) in [5.41, 5.74) is 5.00. The van der Waals surface area contributed by atoms with Crippen LogP contribution in [0.15, 0.2) is 54.7 Å². The van der Waals surface area contributed by atoms with Gasteiger partial charge in [-0.15, -0.1) is 0 Å². The first-order valence-electron chi connectivity index (χ1n) is 11.6. The van der Waals surface area contributed by atoms with Crippen LogP contribution in [0.2, 0.25) is 0 Å². The fourth-order valence-electron chi connectivity index (χ4n) is 4.45. The molecule has 1 fully saturated rings. The zero-order valence-electron chi connectivity index (χ0n) is 18.6. The van der Waals surface area contributed by atoms with E-state index < -0.39 is 0 Å². The highest BCUT2D eigenvalue weighted by Crippen LogP contribution is 2.19. The number of para-hydroxylation sites is 1. The van der Waals surface area contributed by atoms with Crippen molar-refractivity contribution in [2.75, 3.05) is 32.7 Å². The molecule has 0 bridgehead atoms. The van der Waals surface area contributed by atoms with E-state index in [-0.39, 0.29) is 5.91 Å². The summed E-state index contributed by atoms with van der Waals surface area (Å²) in [6.07, 6.45) is 4.40. The third-order valence-corrected chi connectivity index (χ3v) is 6.43. The van der Waals surface area contributed by atoms with Crippen LogP contribution in [-0.4, -0.2) is 53.4 Å². The average molecular weight is 419 g/mol. The fourth-order valence-corrected chi connectivity index (χ4v) is 4.45. The standard InChI is InChI=1S/C26H34N4O/c1-2-29-14-16-30(17-15-29)20-23-9-4-3-8-21(23)18-28-26(31)13-7-10-22-19-27-25-12-6-5-11-24(22)25/h3-6,8-9,11-12,19,27H,2,7,10,13-18,20H2,1H3,(H,28,31). The van der Waals surface area contributed by atoms with Crippen LogP contribution in [0.3, 0.4) is 0 Å². The first-order valence-corrected chi connectivity index (χ1v) is 11.6. The Morgan fingerprint density at radius 3 is 2.45 bits per heavy atom. The van der Waals surface area contributed by atoms with E-state index in [9.17, 15) is 4.79 Å². The van der Waals surface area contributed by atoms with Crippen LogP contribution in [0.25, 0.3) is 10.9 Å². The predicted octanol–water partition coefficient (Wildman–Crippen LogP) is 3.94. The Bertz CT molecular complexity index is 988. The van der Waals surface area contributed by atoms with Crippen LogP contribution in [-0.2, 0) is 24.3 Å². The molecule has 0 aliphatic carbocycles. The number of nitrogens with one attached hydrogen (secondary N) is 2. The number of hydrogen-bond acceptors (Lipinski definition) is 3. The van der Waals surface area contributed by atoms with Crippen LogP contribution >= 0.6 is 0 Å². The third kappa shape index (κ3) is 5.75. The highest BCUT2D eigenvalue weighted by Gasteiger charge is 2.16. The Balaban J connectivity index is 1.24. The minimum atomic E-state index is 0.131. The van der Waals surface area contributed by atoms with E-state index in [0.29, 0.717) is 13.0 Å². The predicted molar refractivity (Wildman–Crippen MR) is 127 cm³/mol. The number of carbonyl (C=O) groups is 1. The summed E-state index contributed by atoms with van der Waals surface area (Å²) in [4.78, 5) is 20.8. The van der Waals surface area contributed by atoms with Gasteiger partial charge < -0.3 is 15.2 Å². The molecule has 1 aliphatic heterocycles. The number of aromatic nitrogens is 1. The molecule has 0 radical (unpaired) electrons. The van der Waals surface area contributed by atoms with Gasteiger partial charge >= 0.3 is 0 Å². The number of aryl methyl sites for hydroxylation is 1. The third-order valence-electron chi connectivity index (χ3n) is 6.43. The van der Waals surface area contributed by atoms with Crippen LogP contribution < -0.4 is 5.32 Å². The molecule has 1 aliphatic rings. The number of benzene rings is 2. The highest BCUT2D eigenvalue weighted by molar-refractivity contribution is 5.83. The van der Waals surface area contributed by atoms with Gasteiger partial charge in [-0.2, -0.15) is 0 Å². The number of piperazine rings is 1. The topological polar surface area (TPSA) is 51.4 Å². The molecule has 0 atom stereocenters. The van der Waals surface area contributed by atoms with E-state index in [1.807, 2.05) is 6.07 Å². The van der Waals surface area contributed by atoms with E-state index in [1.54, 1.807) is 0 Å². The number of H-pyrrole nitrogens is 1. The Kier molecular flexibility index (Phi) is 7.39. The van der Waals surface area contributed by atoms with E-state index >= 15 is 0 Å². The molecule has 164 valence electrons. The first-order chi connectivity index (χ1) is 15.2. The zero-order chi connectivity index (χ0) is 21.5. The lowest BCUT2D eigenvalue weighted by molar-refractivity contribution is -0.121. The van der Waals surface area contributed by atoms with Gasteiger partial charge in [0, 0.05) is 62.8 Å². The molecule has 0 spiro atoms. The quantitative estimate of drug-likeness (QED) is 0.553. The van der Waals surface area contributed by atoms with Crippen molar-refractivity contribution in [3.8, 4) is 0 Å². The van der Waals surface area contributed by atoms with Gasteiger partial charge in [0.2, 0.25) is 5.91 Å². The molecule has 4 rings (SSSR count). The van der Waals surface area contributed by atoms with Gasteiger partial charge in [-0.05, 0) is 42.1 Å². The number of aromatic amines is 1. The van der Waals surface area contributed by atoms with E-state index in [1.165, 1.54) is 22.1 Å². The molecule has 0 unspecified atom stereocenters. The fraction of sp³-hybridized carbons (Fsp3) is 0.423. The lowest BCUT2D eigenvalue weighted by Gasteiger charge is -2.34. The van der Waals surface area contributed by atoms with Gasteiger partial charge in [-0.1, -0.05) is 49.4 Å². The van der Waals surface area contributed by atoms with E-state index in [4.69, 9.17) is 0 Å². The normalized spacial score (nSPS) is 15.4. The summed E-state index contributed by atoms with van der Waals surface area (Å²) >= 11 is 0. The van der Waals surface area contributed by atoms with Crippen LogP contribution in [0.5, 0.6) is 0 Å². The molecular formula is C26H34N4O. The molecule has 1 amide bonds. The number of nitrogens with zero attached hydrogens (tertiary/aromatic N) is 2. The van der Waals surface area contributed by atoms with Crippen LogP contribution in [0.4, 0.5) is 0 Å². The molecule has 3 aromatic rings. The smallest absolute Gasteiger partial charge is 0.220 e. The van der Waals surface area contributed by atoms with Crippen molar-refractivity contribution in [3.05, 3.63) is 71.4 Å². The van der Waals surface area contributed by atoms with E-state index in [2.05, 4.69) is 75.7 Å². The summed E-state index contributed by atoms with van der Waals surface area (Å²) in [5.74, 6) is 0.131. The Morgan fingerprint density at radius 1 is 0.935 bits per heavy atom. The van der Waals surface area contributed by atoms with Gasteiger partial charge in [0.15, 0.2) is 0 Å². The molecule has 1 aromatic heterocycles. The molecule has 31 heavy (non-hydrogen) atoms. The first kappa shape index (κ1) is 21.6. The minimum Gasteiger partial charge on any atom is -0.361 e. The summed E-state index contributed by atoms with van der Waals surface area (Å²) in [6, 6.07) is 16.8. The largest absolute Gasteiger partial charge is 0.361 e. The van der Waals surface area contributed by atoms with Crippen LogP contribution in [0, 0.1) is 0 Å². The summed E-state index contributed by atoms with van der Waals surface area (Å²) < 4.78 is 0. The van der Waals surface area contributed by atoms with Crippen LogP contribution in [0.1, 0.15) is 36.5 Å². The number of likely N-dealkylation sites (N-methyl/N-ethyl adjacent to an activating group) is 1. The van der Waals surface area contributed by atoms with Crippen molar-refractivity contribution < 1.29 is 4.79 Å². The average Bonchev–Trinajstić information content (AvgIpc) is 3.22.